The molecule has 1 fully saturated rings. The normalized spacial score (nSPS) is 21.2. The Morgan fingerprint density at radius 1 is 0.906 bits per heavy atom. The third kappa shape index (κ3) is 3.23. The fourth-order valence-electron chi connectivity index (χ4n) is 5.66. The van der Waals surface area contributed by atoms with Crippen molar-refractivity contribution in [1.29, 1.82) is 0 Å². The number of hydrogen-bond acceptors (Lipinski definition) is 2. The number of fused-ring (bicyclic) bond motifs is 5. The highest BCUT2D eigenvalue weighted by atomic mass is 35.5. The number of ether oxygens (including phenoxy) is 1. The van der Waals surface area contributed by atoms with Gasteiger partial charge in [-0.3, -0.25) is 4.90 Å². The van der Waals surface area contributed by atoms with Gasteiger partial charge in [-0.05, 0) is 64.8 Å². The number of carbonyl (C=O) groups is 1. The van der Waals surface area contributed by atoms with Crippen LogP contribution >= 0.6 is 11.6 Å². The Balaban J connectivity index is 1.20. The zero-order valence-corrected chi connectivity index (χ0v) is 18.5. The summed E-state index contributed by atoms with van der Waals surface area (Å²) in [6.45, 7) is 0.372. The van der Waals surface area contributed by atoms with Gasteiger partial charge in [-0.15, -0.1) is 0 Å². The first-order chi connectivity index (χ1) is 15.7. The van der Waals surface area contributed by atoms with Gasteiger partial charge in [0.2, 0.25) is 0 Å². The SMILES string of the molecule is O=C(OCC1c2ccccc2-c2ccccc21)N1C2C=C(c3ccc(Cl)cc3)CC1CC2. The molecular weight excluding hydrogens is 418 g/mol. The average molecular weight is 442 g/mol. The van der Waals surface area contributed by atoms with Gasteiger partial charge in [0.1, 0.15) is 6.61 Å². The van der Waals surface area contributed by atoms with Crippen LogP contribution in [0.15, 0.2) is 78.9 Å². The molecule has 1 amide bonds. The van der Waals surface area contributed by atoms with E-state index in [0.717, 1.165) is 24.3 Å². The van der Waals surface area contributed by atoms with Crippen LogP contribution in [-0.4, -0.2) is 29.7 Å². The molecule has 2 aliphatic heterocycles. The lowest BCUT2D eigenvalue weighted by molar-refractivity contribution is 0.0866. The molecule has 2 unspecified atom stereocenters. The number of nitrogens with zero attached hydrogens (tertiary/aromatic N) is 1. The molecule has 3 aromatic rings. The van der Waals surface area contributed by atoms with Crippen LogP contribution in [0.2, 0.25) is 5.02 Å². The first-order valence-corrected chi connectivity index (χ1v) is 11.7. The summed E-state index contributed by atoms with van der Waals surface area (Å²) in [7, 11) is 0. The largest absolute Gasteiger partial charge is 0.448 e. The smallest absolute Gasteiger partial charge is 0.410 e. The van der Waals surface area contributed by atoms with Crippen LogP contribution < -0.4 is 0 Å². The van der Waals surface area contributed by atoms with E-state index in [-0.39, 0.29) is 24.1 Å². The fraction of sp³-hybridized carbons (Fsp3) is 0.250. The van der Waals surface area contributed by atoms with Gasteiger partial charge < -0.3 is 4.74 Å². The summed E-state index contributed by atoms with van der Waals surface area (Å²) >= 11 is 6.05. The van der Waals surface area contributed by atoms with Gasteiger partial charge in [-0.2, -0.15) is 0 Å². The minimum Gasteiger partial charge on any atom is -0.448 e. The van der Waals surface area contributed by atoms with Crippen molar-refractivity contribution in [2.75, 3.05) is 6.61 Å². The van der Waals surface area contributed by atoms with Crippen LogP contribution in [-0.2, 0) is 4.74 Å². The fourth-order valence-corrected chi connectivity index (χ4v) is 5.79. The Kier molecular flexibility index (Phi) is 4.80. The van der Waals surface area contributed by atoms with E-state index in [2.05, 4.69) is 66.7 Å². The van der Waals surface area contributed by atoms with Gasteiger partial charge in [0.05, 0.1) is 6.04 Å². The Labute approximate surface area is 193 Å². The van der Waals surface area contributed by atoms with Crippen molar-refractivity contribution in [3.05, 3.63) is 101 Å². The Bertz CT molecular complexity index is 1170. The predicted molar refractivity (Wildman–Crippen MR) is 128 cm³/mol. The van der Waals surface area contributed by atoms with Crippen molar-refractivity contribution in [2.24, 2.45) is 0 Å². The molecule has 1 aliphatic carbocycles. The zero-order valence-electron chi connectivity index (χ0n) is 17.7. The summed E-state index contributed by atoms with van der Waals surface area (Å²) in [4.78, 5) is 15.1. The molecule has 4 heteroatoms. The molecule has 32 heavy (non-hydrogen) atoms. The van der Waals surface area contributed by atoms with Crippen LogP contribution in [0.5, 0.6) is 0 Å². The van der Waals surface area contributed by atoms with E-state index in [0.29, 0.717) is 6.61 Å². The molecule has 3 aliphatic rings. The van der Waals surface area contributed by atoms with Crippen molar-refractivity contribution in [1.82, 2.24) is 4.90 Å². The van der Waals surface area contributed by atoms with E-state index < -0.39 is 0 Å². The van der Waals surface area contributed by atoms with Gasteiger partial charge in [0.15, 0.2) is 0 Å². The second kappa shape index (κ2) is 7.83. The highest BCUT2D eigenvalue weighted by Gasteiger charge is 2.41. The number of amides is 1. The Morgan fingerprint density at radius 2 is 1.56 bits per heavy atom. The predicted octanol–water partition coefficient (Wildman–Crippen LogP) is 6.91. The molecule has 0 aromatic heterocycles. The molecule has 0 saturated carbocycles. The maximum Gasteiger partial charge on any atom is 0.410 e. The van der Waals surface area contributed by atoms with Crippen molar-refractivity contribution in [3.8, 4) is 11.1 Å². The maximum atomic E-state index is 13.2. The number of hydrogen-bond donors (Lipinski definition) is 0. The Morgan fingerprint density at radius 3 is 2.22 bits per heavy atom. The van der Waals surface area contributed by atoms with Gasteiger partial charge in [-0.1, -0.05) is 78.3 Å². The molecule has 1 saturated heterocycles. The van der Waals surface area contributed by atoms with E-state index in [9.17, 15) is 4.79 Å². The van der Waals surface area contributed by atoms with Crippen molar-refractivity contribution >= 4 is 23.3 Å². The van der Waals surface area contributed by atoms with Crippen LogP contribution in [0.3, 0.4) is 0 Å². The highest BCUT2D eigenvalue weighted by molar-refractivity contribution is 6.30. The van der Waals surface area contributed by atoms with Gasteiger partial charge in [0.25, 0.3) is 0 Å². The third-order valence-corrected chi connectivity index (χ3v) is 7.41. The topological polar surface area (TPSA) is 29.5 Å². The van der Waals surface area contributed by atoms with Crippen molar-refractivity contribution in [3.63, 3.8) is 0 Å². The number of benzene rings is 3. The van der Waals surface area contributed by atoms with Gasteiger partial charge in [0, 0.05) is 17.0 Å². The number of halogens is 1. The standard InChI is InChI=1S/C28H24ClNO2/c29-20-11-9-18(10-12-20)19-15-21-13-14-22(16-19)30(21)28(31)32-17-27-25-7-3-1-5-23(25)24-6-2-4-8-26(24)27/h1-12,15,21-22,27H,13-14,16-17H2. The van der Waals surface area contributed by atoms with Gasteiger partial charge >= 0.3 is 6.09 Å². The van der Waals surface area contributed by atoms with E-state index in [1.165, 1.54) is 33.4 Å². The Hall–Kier alpha value is -3.04. The second-order valence-electron chi connectivity index (χ2n) is 8.91. The van der Waals surface area contributed by atoms with E-state index in [1.807, 2.05) is 17.0 Å². The minimum absolute atomic E-state index is 0.0916. The molecule has 160 valence electrons. The number of carbonyl (C=O) groups excluding carboxylic acids is 1. The molecule has 3 aromatic carbocycles. The van der Waals surface area contributed by atoms with Crippen molar-refractivity contribution in [2.45, 2.75) is 37.3 Å². The van der Waals surface area contributed by atoms with E-state index in [1.54, 1.807) is 0 Å². The van der Waals surface area contributed by atoms with E-state index >= 15 is 0 Å². The van der Waals surface area contributed by atoms with E-state index in [4.69, 9.17) is 16.3 Å². The van der Waals surface area contributed by atoms with Crippen LogP contribution in [0.1, 0.15) is 41.9 Å². The monoisotopic (exact) mass is 441 g/mol. The summed E-state index contributed by atoms with van der Waals surface area (Å²) in [6, 6.07) is 25.2. The van der Waals surface area contributed by atoms with Crippen LogP contribution in [0.25, 0.3) is 16.7 Å². The third-order valence-electron chi connectivity index (χ3n) is 7.16. The van der Waals surface area contributed by atoms with Crippen molar-refractivity contribution < 1.29 is 9.53 Å². The molecule has 2 atom stereocenters. The summed E-state index contributed by atoms with van der Waals surface area (Å²) in [5, 5.41) is 0.744. The average Bonchev–Trinajstić information content (AvgIpc) is 3.29. The molecule has 0 N–H and O–H groups in total. The summed E-state index contributed by atoms with van der Waals surface area (Å²) in [5.41, 5.74) is 7.48. The molecule has 6 rings (SSSR count). The summed E-state index contributed by atoms with van der Waals surface area (Å²) in [5.74, 6) is 0.0916. The molecule has 2 heterocycles. The lowest BCUT2D eigenvalue weighted by Crippen LogP contribution is -2.43. The minimum atomic E-state index is -0.189. The van der Waals surface area contributed by atoms with Crippen LogP contribution in [0.4, 0.5) is 4.79 Å². The summed E-state index contributed by atoms with van der Waals surface area (Å²) in [6.07, 6.45) is 4.93. The first-order valence-electron chi connectivity index (χ1n) is 11.3. The first kappa shape index (κ1) is 19.6. The number of rotatable bonds is 3. The molecule has 0 radical (unpaired) electrons. The molecular formula is C28H24ClNO2. The molecule has 2 bridgehead atoms. The van der Waals surface area contributed by atoms with Gasteiger partial charge in [-0.25, -0.2) is 4.79 Å². The zero-order chi connectivity index (χ0) is 21.7. The second-order valence-corrected chi connectivity index (χ2v) is 9.35. The molecule has 3 nitrogen and oxygen atoms in total. The lowest BCUT2D eigenvalue weighted by Gasteiger charge is -2.33. The summed E-state index contributed by atoms with van der Waals surface area (Å²) < 4.78 is 5.96. The van der Waals surface area contributed by atoms with Crippen LogP contribution in [0, 0.1) is 0 Å². The maximum absolute atomic E-state index is 13.2. The lowest BCUT2D eigenvalue weighted by atomic mass is 9.95. The quantitative estimate of drug-likeness (QED) is 0.442. The highest BCUT2D eigenvalue weighted by Crippen LogP contribution is 2.45. The molecule has 0 spiro atoms.